The summed E-state index contributed by atoms with van der Waals surface area (Å²) in [6.45, 7) is 5.10. The number of thiocarbonyl (C=S) groups is 1. The molecule has 0 aliphatic carbocycles. The summed E-state index contributed by atoms with van der Waals surface area (Å²) in [5, 5.41) is 4.37. The van der Waals surface area contributed by atoms with E-state index < -0.39 is 0 Å². The van der Waals surface area contributed by atoms with Crippen molar-refractivity contribution in [3.63, 3.8) is 0 Å². The fraction of sp³-hybridized carbons (Fsp3) is 0.650. The highest BCUT2D eigenvalue weighted by molar-refractivity contribution is 7.80. The quantitative estimate of drug-likeness (QED) is 0.552. The molecule has 0 amide bonds. The molecule has 0 unspecified atom stereocenters. The predicted molar refractivity (Wildman–Crippen MR) is 113 cm³/mol. The van der Waals surface area contributed by atoms with E-state index in [1.807, 2.05) is 12.1 Å². The summed E-state index contributed by atoms with van der Waals surface area (Å²) in [7, 11) is 8.11. The highest BCUT2D eigenvalue weighted by Crippen LogP contribution is 2.20. The van der Waals surface area contributed by atoms with Gasteiger partial charge in [0.15, 0.2) is 5.11 Å². The largest absolute Gasteiger partial charge is 0.497 e. The number of benzene rings is 1. The van der Waals surface area contributed by atoms with Crippen LogP contribution in [0.2, 0.25) is 0 Å². The van der Waals surface area contributed by atoms with E-state index in [0.717, 1.165) is 62.8 Å². The Morgan fingerprint density at radius 1 is 1.23 bits per heavy atom. The van der Waals surface area contributed by atoms with Gasteiger partial charge >= 0.3 is 0 Å². The van der Waals surface area contributed by atoms with Crippen LogP contribution in [0, 0.1) is 0 Å². The van der Waals surface area contributed by atoms with Crippen LogP contribution in [-0.2, 0) is 6.54 Å². The molecule has 6 heteroatoms. The zero-order valence-electron chi connectivity index (χ0n) is 16.7. The Morgan fingerprint density at radius 3 is 2.46 bits per heavy atom. The molecule has 26 heavy (non-hydrogen) atoms. The highest BCUT2D eigenvalue weighted by Gasteiger charge is 2.25. The maximum absolute atomic E-state index is 5.78. The number of methoxy groups -OCH3 is 1. The second-order valence-electron chi connectivity index (χ2n) is 7.40. The van der Waals surface area contributed by atoms with Crippen LogP contribution in [0.4, 0.5) is 0 Å². The first-order chi connectivity index (χ1) is 12.5. The van der Waals surface area contributed by atoms with Gasteiger partial charge in [-0.25, -0.2) is 0 Å². The fourth-order valence-electron chi connectivity index (χ4n) is 3.29. The first-order valence-corrected chi connectivity index (χ1v) is 9.91. The van der Waals surface area contributed by atoms with Crippen LogP contribution in [0.15, 0.2) is 24.3 Å². The summed E-state index contributed by atoms with van der Waals surface area (Å²) in [6, 6.07) is 8.82. The second kappa shape index (κ2) is 10.7. The van der Waals surface area contributed by atoms with Gasteiger partial charge in [-0.1, -0.05) is 12.1 Å². The van der Waals surface area contributed by atoms with E-state index >= 15 is 0 Å². The van der Waals surface area contributed by atoms with Crippen molar-refractivity contribution in [3.05, 3.63) is 29.8 Å². The lowest BCUT2D eigenvalue weighted by molar-refractivity contribution is 0.171. The molecule has 0 aromatic heterocycles. The summed E-state index contributed by atoms with van der Waals surface area (Å²) in [4.78, 5) is 6.99. The fourth-order valence-corrected chi connectivity index (χ4v) is 3.61. The van der Waals surface area contributed by atoms with Crippen molar-refractivity contribution in [3.8, 4) is 5.75 Å². The predicted octanol–water partition coefficient (Wildman–Crippen LogP) is 2.42. The Balaban J connectivity index is 1.99. The molecule has 5 nitrogen and oxygen atoms in total. The molecular weight excluding hydrogens is 344 g/mol. The van der Waals surface area contributed by atoms with Gasteiger partial charge in [0.2, 0.25) is 0 Å². The minimum atomic E-state index is 0.502. The lowest BCUT2D eigenvalue weighted by Crippen LogP contribution is -2.49. The van der Waals surface area contributed by atoms with Crippen LogP contribution < -0.4 is 10.1 Å². The smallest absolute Gasteiger partial charge is 0.169 e. The summed E-state index contributed by atoms with van der Waals surface area (Å²) in [6.07, 6.45) is 3.41. The minimum absolute atomic E-state index is 0.502. The molecule has 1 fully saturated rings. The van der Waals surface area contributed by atoms with Gasteiger partial charge in [0.05, 0.1) is 7.11 Å². The van der Waals surface area contributed by atoms with Gasteiger partial charge in [0.1, 0.15) is 5.75 Å². The molecule has 0 saturated carbocycles. The summed E-state index contributed by atoms with van der Waals surface area (Å²) >= 11 is 5.78. The molecule has 1 aliphatic heterocycles. The van der Waals surface area contributed by atoms with Crippen LogP contribution in [0.5, 0.6) is 5.75 Å². The Kier molecular flexibility index (Phi) is 8.62. The van der Waals surface area contributed by atoms with Crippen LogP contribution in [0.3, 0.4) is 0 Å². The van der Waals surface area contributed by atoms with Crippen LogP contribution >= 0.6 is 12.2 Å². The van der Waals surface area contributed by atoms with Crippen molar-refractivity contribution in [2.45, 2.75) is 31.8 Å². The number of hydrogen-bond acceptors (Lipinski definition) is 4. The number of hydrogen-bond donors (Lipinski definition) is 1. The summed E-state index contributed by atoms with van der Waals surface area (Å²) < 4.78 is 5.27. The van der Waals surface area contributed by atoms with E-state index in [4.69, 9.17) is 17.0 Å². The monoisotopic (exact) mass is 378 g/mol. The molecule has 2 rings (SSSR count). The zero-order valence-corrected chi connectivity index (χ0v) is 17.5. The van der Waals surface area contributed by atoms with Gasteiger partial charge < -0.3 is 24.8 Å². The summed E-state index contributed by atoms with van der Waals surface area (Å²) in [5.74, 6) is 0.893. The number of nitrogens with zero attached hydrogens (tertiary/aromatic N) is 3. The van der Waals surface area contributed by atoms with Crippen molar-refractivity contribution in [2.75, 3.05) is 54.4 Å². The molecule has 1 heterocycles. The number of likely N-dealkylation sites (tertiary alicyclic amines) is 1. The van der Waals surface area contributed by atoms with Gasteiger partial charge in [0.25, 0.3) is 0 Å². The van der Waals surface area contributed by atoms with Crippen molar-refractivity contribution in [1.82, 2.24) is 20.0 Å². The highest BCUT2D eigenvalue weighted by atomic mass is 32.1. The number of nitrogens with one attached hydrogen (secondary N) is 1. The molecular formula is C20H34N4OS. The first-order valence-electron chi connectivity index (χ1n) is 9.50. The van der Waals surface area contributed by atoms with Gasteiger partial charge in [-0.2, -0.15) is 0 Å². The Hall–Kier alpha value is -1.37. The van der Waals surface area contributed by atoms with Crippen LogP contribution in [-0.4, -0.2) is 80.3 Å². The Labute approximate surface area is 164 Å². The van der Waals surface area contributed by atoms with E-state index in [1.54, 1.807) is 7.11 Å². The average molecular weight is 379 g/mol. The number of rotatable bonds is 8. The summed E-state index contributed by atoms with van der Waals surface area (Å²) in [5.41, 5.74) is 1.27. The van der Waals surface area contributed by atoms with E-state index in [2.05, 4.69) is 53.3 Å². The SMILES string of the molecule is COc1ccc(CN(C(=S)NCCCN(C)C)C2CCN(C)CC2)cc1. The lowest BCUT2D eigenvalue weighted by atomic mass is 10.0. The Morgan fingerprint density at radius 2 is 1.88 bits per heavy atom. The third-order valence-corrected chi connectivity index (χ3v) is 5.34. The topological polar surface area (TPSA) is 31.0 Å². The second-order valence-corrected chi connectivity index (χ2v) is 7.79. The molecule has 1 aromatic rings. The van der Waals surface area contributed by atoms with Crippen molar-refractivity contribution >= 4 is 17.3 Å². The molecule has 0 atom stereocenters. The van der Waals surface area contributed by atoms with Crippen LogP contribution in [0.1, 0.15) is 24.8 Å². The molecule has 0 bridgehead atoms. The van der Waals surface area contributed by atoms with Crippen molar-refractivity contribution in [1.29, 1.82) is 0 Å². The maximum atomic E-state index is 5.78. The average Bonchev–Trinajstić information content (AvgIpc) is 2.64. The van der Waals surface area contributed by atoms with Gasteiger partial charge in [-0.3, -0.25) is 0 Å². The minimum Gasteiger partial charge on any atom is -0.497 e. The van der Waals surface area contributed by atoms with E-state index in [9.17, 15) is 0 Å². The molecule has 1 aliphatic rings. The van der Waals surface area contributed by atoms with E-state index in [0.29, 0.717) is 6.04 Å². The molecule has 0 radical (unpaired) electrons. The van der Waals surface area contributed by atoms with Crippen molar-refractivity contribution < 1.29 is 4.74 Å². The van der Waals surface area contributed by atoms with E-state index in [-0.39, 0.29) is 0 Å². The molecule has 1 N–H and O–H groups in total. The lowest BCUT2D eigenvalue weighted by Gasteiger charge is -2.39. The van der Waals surface area contributed by atoms with Gasteiger partial charge in [0, 0.05) is 19.1 Å². The third kappa shape index (κ3) is 6.74. The van der Waals surface area contributed by atoms with Gasteiger partial charge in [-0.15, -0.1) is 0 Å². The maximum Gasteiger partial charge on any atom is 0.169 e. The number of piperidine rings is 1. The molecule has 1 aromatic carbocycles. The zero-order chi connectivity index (χ0) is 18.9. The molecule has 146 valence electrons. The Bertz CT molecular complexity index is 541. The van der Waals surface area contributed by atoms with E-state index in [1.165, 1.54) is 5.56 Å². The number of ether oxygens (including phenoxy) is 1. The normalized spacial score (nSPS) is 15.9. The van der Waals surface area contributed by atoms with Crippen molar-refractivity contribution in [2.24, 2.45) is 0 Å². The molecule has 0 spiro atoms. The third-order valence-electron chi connectivity index (χ3n) is 4.96. The first kappa shape index (κ1) is 20.9. The molecule has 1 saturated heterocycles. The standard InChI is InChI=1S/C20H34N4OS/c1-22(2)13-5-12-21-20(26)24(18-10-14-23(3)15-11-18)16-17-6-8-19(25-4)9-7-17/h6-9,18H,5,10-16H2,1-4H3,(H,21,26). The van der Waals surface area contributed by atoms with Gasteiger partial charge in [-0.05, 0) is 90.0 Å². The van der Waals surface area contributed by atoms with Crippen LogP contribution in [0.25, 0.3) is 0 Å².